The SMILES string of the molecule is CCOc1ccc(-c2cc(=O)n(CC(=O)N3CCN(CCc4ccccc4)CC3)cn2)cc1. The number of benzene rings is 2. The molecule has 0 N–H and O–H groups in total. The van der Waals surface area contributed by atoms with Crippen molar-refractivity contribution in [2.24, 2.45) is 0 Å². The Labute approximate surface area is 194 Å². The first-order chi connectivity index (χ1) is 16.1. The summed E-state index contributed by atoms with van der Waals surface area (Å²) in [6.07, 6.45) is 2.47. The summed E-state index contributed by atoms with van der Waals surface area (Å²) < 4.78 is 6.83. The molecule has 1 aromatic heterocycles. The van der Waals surface area contributed by atoms with Gasteiger partial charge in [-0.2, -0.15) is 0 Å². The van der Waals surface area contributed by atoms with Crippen LogP contribution < -0.4 is 10.3 Å². The van der Waals surface area contributed by atoms with Gasteiger partial charge in [0.1, 0.15) is 12.3 Å². The summed E-state index contributed by atoms with van der Waals surface area (Å²) in [7, 11) is 0. The van der Waals surface area contributed by atoms with Crippen molar-refractivity contribution in [2.45, 2.75) is 19.9 Å². The lowest BCUT2D eigenvalue weighted by atomic mass is 10.1. The third-order valence-electron chi connectivity index (χ3n) is 5.93. The number of carbonyl (C=O) groups is 1. The van der Waals surface area contributed by atoms with E-state index in [1.807, 2.05) is 42.2 Å². The van der Waals surface area contributed by atoms with Crippen molar-refractivity contribution >= 4 is 5.91 Å². The second kappa shape index (κ2) is 10.9. The molecule has 1 aliphatic rings. The number of hydrogen-bond acceptors (Lipinski definition) is 5. The molecule has 4 rings (SSSR count). The molecule has 0 saturated carbocycles. The van der Waals surface area contributed by atoms with Gasteiger partial charge in [-0.15, -0.1) is 0 Å². The molecule has 1 aliphatic heterocycles. The zero-order valence-electron chi connectivity index (χ0n) is 19.0. The molecule has 2 aromatic carbocycles. The van der Waals surface area contributed by atoms with Crippen LogP contribution in [0, 0.1) is 0 Å². The lowest BCUT2D eigenvalue weighted by Gasteiger charge is -2.34. The second-order valence-corrected chi connectivity index (χ2v) is 8.16. The van der Waals surface area contributed by atoms with Crippen LogP contribution in [0.1, 0.15) is 12.5 Å². The van der Waals surface area contributed by atoms with Crippen molar-refractivity contribution in [1.82, 2.24) is 19.4 Å². The van der Waals surface area contributed by atoms with Gasteiger partial charge in [-0.05, 0) is 43.2 Å². The van der Waals surface area contributed by atoms with Gasteiger partial charge in [0.05, 0.1) is 18.6 Å². The van der Waals surface area contributed by atoms with E-state index in [9.17, 15) is 9.59 Å². The van der Waals surface area contributed by atoms with Crippen LogP contribution in [0.2, 0.25) is 0 Å². The molecule has 1 amide bonds. The second-order valence-electron chi connectivity index (χ2n) is 8.16. The molecule has 2 heterocycles. The van der Waals surface area contributed by atoms with E-state index in [1.54, 1.807) is 0 Å². The summed E-state index contributed by atoms with van der Waals surface area (Å²) in [4.78, 5) is 34.0. The predicted octanol–water partition coefficient (Wildman–Crippen LogP) is 2.70. The average molecular weight is 447 g/mol. The highest BCUT2D eigenvalue weighted by Gasteiger charge is 2.21. The lowest BCUT2D eigenvalue weighted by Crippen LogP contribution is -2.50. The topological polar surface area (TPSA) is 67.7 Å². The minimum atomic E-state index is -0.233. The number of hydrogen-bond donors (Lipinski definition) is 0. The molecule has 0 aliphatic carbocycles. The summed E-state index contributed by atoms with van der Waals surface area (Å²) in [6.45, 7) is 6.60. The van der Waals surface area contributed by atoms with Gasteiger partial charge in [0.15, 0.2) is 0 Å². The Hall–Kier alpha value is -3.45. The Balaban J connectivity index is 1.29. The molecule has 0 bridgehead atoms. The lowest BCUT2D eigenvalue weighted by molar-refractivity contribution is -0.133. The number of nitrogens with zero attached hydrogens (tertiary/aromatic N) is 4. The molecule has 1 saturated heterocycles. The van der Waals surface area contributed by atoms with Crippen LogP contribution in [0.4, 0.5) is 0 Å². The largest absolute Gasteiger partial charge is 0.494 e. The minimum absolute atomic E-state index is 0.0133. The molecule has 7 nitrogen and oxygen atoms in total. The van der Waals surface area contributed by atoms with Gasteiger partial charge in [-0.3, -0.25) is 19.1 Å². The Morgan fingerprint density at radius 1 is 1.00 bits per heavy atom. The summed E-state index contributed by atoms with van der Waals surface area (Å²) in [5.41, 5.74) is 2.51. The van der Waals surface area contributed by atoms with Gasteiger partial charge < -0.3 is 9.64 Å². The standard InChI is InChI=1S/C26H30N4O3/c1-2-33-23-10-8-22(9-11-23)24-18-25(31)30(20-27-24)19-26(32)29-16-14-28(15-17-29)13-12-21-6-4-3-5-7-21/h3-11,18,20H,2,12-17,19H2,1H3. The van der Waals surface area contributed by atoms with Gasteiger partial charge in [-0.25, -0.2) is 4.98 Å². The number of piperazine rings is 1. The van der Waals surface area contributed by atoms with E-state index in [0.29, 0.717) is 25.4 Å². The predicted molar refractivity (Wildman–Crippen MR) is 128 cm³/mol. The van der Waals surface area contributed by atoms with E-state index in [1.165, 1.54) is 22.5 Å². The van der Waals surface area contributed by atoms with Crippen molar-refractivity contribution in [1.29, 1.82) is 0 Å². The molecule has 7 heteroatoms. The molecule has 0 radical (unpaired) electrons. The monoisotopic (exact) mass is 446 g/mol. The first-order valence-corrected chi connectivity index (χ1v) is 11.5. The first-order valence-electron chi connectivity index (χ1n) is 11.5. The normalized spacial score (nSPS) is 14.3. The van der Waals surface area contributed by atoms with Gasteiger partial charge >= 0.3 is 0 Å². The fourth-order valence-corrected chi connectivity index (χ4v) is 3.99. The smallest absolute Gasteiger partial charge is 0.254 e. The van der Waals surface area contributed by atoms with E-state index < -0.39 is 0 Å². The Morgan fingerprint density at radius 3 is 2.39 bits per heavy atom. The number of rotatable bonds is 8. The van der Waals surface area contributed by atoms with E-state index in [-0.39, 0.29) is 18.0 Å². The summed E-state index contributed by atoms with van der Waals surface area (Å²) in [5.74, 6) is 0.732. The van der Waals surface area contributed by atoms with Crippen LogP contribution in [0.5, 0.6) is 5.75 Å². The van der Waals surface area contributed by atoms with Crippen molar-refractivity contribution in [3.05, 3.63) is 82.9 Å². The van der Waals surface area contributed by atoms with Gasteiger partial charge in [0, 0.05) is 44.4 Å². The molecular weight excluding hydrogens is 416 g/mol. The zero-order valence-corrected chi connectivity index (χ0v) is 19.0. The highest BCUT2D eigenvalue weighted by Crippen LogP contribution is 2.19. The van der Waals surface area contributed by atoms with E-state index >= 15 is 0 Å². The van der Waals surface area contributed by atoms with Gasteiger partial charge in [-0.1, -0.05) is 30.3 Å². The number of aromatic nitrogens is 2. The summed E-state index contributed by atoms with van der Waals surface area (Å²) in [6, 6.07) is 19.4. The van der Waals surface area contributed by atoms with E-state index in [4.69, 9.17) is 4.74 Å². The maximum atomic E-state index is 12.8. The van der Waals surface area contributed by atoms with Crippen LogP contribution in [0.15, 0.2) is 71.8 Å². The van der Waals surface area contributed by atoms with Crippen molar-refractivity contribution in [2.75, 3.05) is 39.3 Å². The minimum Gasteiger partial charge on any atom is -0.494 e. The zero-order chi connectivity index (χ0) is 23.0. The van der Waals surface area contributed by atoms with Gasteiger partial charge in [0.2, 0.25) is 5.91 Å². The Bertz CT molecular complexity index is 1100. The van der Waals surface area contributed by atoms with E-state index in [0.717, 1.165) is 37.4 Å². The number of amides is 1. The van der Waals surface area contributed by atoms with E-state index in [2.05, 4.69) is 34.1 Å². The third kappa shape index (κ3) is 6.08. The number of ether oxygens (including phenoxy) is 1. The van der Waals surface area contributed by atoms with Crippen molar-refractivity contribution in [3.8, 4) is 17.0 Å². The number of carbonyl (C=O) groups excluding carboxylic acids is 1. The first kappa shape index (κ1) is 22.7. The van der Waals surface area contributed by atoms with Crippen LogP contribution >= 0.6 is 0 Å². The average Bonchev–Trinajstić information content (AvgIpc) is 2.85. The van der Waals surface area contributed by atoms with Crippen LogP contribution in [0.3, 0.4) is 0 Å². The van der Waals surface area contributed by atoms with Crippen LogP contribution in [-0.4, -0.2) is 64.6 Å². The van der Waals surface area contributed by atoms with Crippen LogP contribution in [0.25, 0.3) is 11.3 Å². The quantitative estimate of drug-likeness (QED) is 0.532. The molecular formula is C26H30N4O3. The highest BCUT2D eigenvalue weighted by atomic mass is 16.5. The molecule has 1 fully saturated rings. The van der Waals surface area contributed by atoms with Gasteiger partial charge in [0.25, 0.3) is 5.56 Å². The highest BCUT2D eigenvalue weighted by molar-refractivity contribution is 5.76. The third-order valence-corrected chi connectivity index (χ3v) is 5.93. The van der Waals surface area contributed by atoms with Crippen molar-refractivity contribution < 1.29 is 9.53 Å². The Morgan fingerprint density at radius 2 is 1.73 bits per heavy atom. The molecule has 0 unspecified atom stereocenters. The molecule has 3 aromatic rings. The Kier molecular flexibility index (Phi) is 7.52. The summed E-state index contributed by atoms with van der Waals surface area (Å²) in [5, 5.41) is 0. The van der Waals surface area contributed by atoms with Crippen LogP contribution in [-0.2, 0) is 17.8 Å². The molecule has 0 spiro atoms. The molecule has 172 valence electrons. The van der Waals surface area contributed by atoms with Crippen molar-refractivity contribution in [3.63, 3.8) is 0 Å². The fraction of sp³-hybridized carbons (Fsp3) is 0.346. The fourth-order valence-electron chi connectivity index (χ4n) is 3.99. The summed E-state index contributed by atoms with van der Waals surface area (Å²) >= 11 is 0. The maximum Gasteiger partial charge on any atom is 0.254 e. The maximum absolute atomic E-state index is 12.8. The molecule has 0 atom stereocenters. The molecule has 33 heavy (non-hydrogen) atoms.